The number of sulfonamides is 1. The third-order valence-electron chi connectivity index (χ3n) is 7.48. The number of nitrogens with zero attached hydrogens (tertiary/aromatic N) is 2. The van der Waals surface area contributed by atoms with Crippen LogP contribution in [0.25, 0.3) is 0 Å². The first-order valence-electron chi connectivity index (χ1n) is 14.4. The summed E-state index contributed by atoms with van der Waals surface area (Å²) >= 11 is 9.58. The van der Waals surface area contributed by atoms with Crippen LogP contribution in [0.1, 0.15) is 51.5 Å². The molecule has 8 nitrogen and oxygen atoms in total. The van der Waals surface area contributed by atoms with E-state index >= 15 is 0 Å². The van der Waals surface area contributed by atoms with Crippen molar-refractivity contribution in [2.75, 3.05) is 17.5 Å². The Morgan fingerprint density at radius 1 is 1.02 bits per heavy atom. The van der Waals surface area contributed by atoms with Crippen LogP contribution in [0.3, 0.4) is 0 Å². The van der Waals surface area contributed by atoms with Gasteiger partial charge in [-0.05, 0) is 92.9 Å². The summed E-state index contributed by atoms with van der Waals surface area (Å²) in [4.78, 5) is 29.0. The van der Waals surface area contributed by atoms with E-state index in [2.05, 4.69) is 21.2 Å². The van der Waals surface area contributed by atoms with Crippen molar-refractivity contribution in [2.24, 2.45) is 0 Å². The summed E-state index contributed by atoms with van der Waals surface area (Å²) in [7, 11) is -4.17. The molecule has 0 unspecified atom stereocenters. The Kier molecular flexibility index (Phi) is 11.5. The van der Waals surface area contributed by atoms with Crippen molar-refractivity contribution in [3.8, 4) is 5.75 Å². The Morgan fingerprint density at radius 2 is 1.70 bits per heavy atom. The van der Waals surface area contributed by atoms with Crippen LogP contribution >= 0.6 is 27.5 Å². The predicted octanol–water partition coefficient (Wildman–Crippen LogP) is 6.56. The van der Waals surface area contributed by atoms with Crippen LogP contribution < -0.4 is 14.4 Å². The number of benzene rings is 3. The highest BCUT2D eigenvalue weighted by Crippen LogP contribution is 2.28. The second-order valence-electron chi connectivity index (χ2n) is 10.6. The minimum atomic E-state index is -4.17. The van der Waals surface area contributed by atoms with Gasteiger partial charge in [-0.25, -0.2) is 8.42 Å². The molecule has 1 saturated carbocycles. The Balaban J connectivity index is 1.68. The molecule has 1 fully saturated rings. The van der Waals surface area contributed by atoms with Gasteiger partial charge in [-0.2, -0.15) is 0 Å². The van der Waals surface area contributed by atoms with Gasteiger partial charge >= 0.3 is 0 Å². The van der Waals surface area contributed by atoms with Crippen LogP contribution in [-0.4, -0.2) is 50.4 Å². The van der Waals surface area contributed by atoms with Crippen molar-refractivity contribution >= 4 is 55.1 Å². The van der Waals surface area contributed by atoms with Crippen LogP contribution in [-0.2, 0) is 26.2 Å². The highest BCUT2D eigenvalue weighted by Gasteiger charge is 2.33. The van der Waals surface area contributed by atoms with Gasteiger partial charge in [-0.15, -0.1) is 0 Å². The van der Waals surface area contributed by atoms with Crippen molar-refractivity contribution in [2.45, 2.75) is 69.5 Å². The van der Waals surface area contributed by atoms with Crippen LogP contribution in [0.2, 0.25) is 5.02 Å². The molecule has 0 aromatic heterocycles. The largest absolute Gasteiger partial charge is 0.494 e. The van der Waals surface area contributed by atoms with Gasteiger partial charge in [0.25, 0.3) is 10.0 Å². The van der Waals surface area contributed by atoms with Gasteiger partial charge in [0, 0.05) is 22.1 Å². The smallest absolute Gasteiger partial charge is 0.264 e. The van der Waals surface area contributed by atoms with Crippen LogP contribution in [0.5, 0.6) is 5.75 Å². The standard InChI is InChI=1S/C32H37BrClN3O5S/c1-3-42-29-16-14-28(15-17-29)37(43(40,41)30-18-12-25(33)13-19-30)22-31(38)36(21-24-8-7-9-26(34)20-24)23(2)32(39)35-27-10-5-4-6-11-27/h7-9,12-20,23,27H,3-6,10-11,21-22H2,1-2H3,(H,35,39)/t23-/m1/s1. The quantitative estimate of drug-likeness (QED) is 0.232. The van der Waals surface area contributed by atoms with E-state index < -0.39 is 28.5 Å². The number of rotatable bonds is 12. The molecule has 0 saturated heterocycles. The number of hydrogen-bond donors (Lipinski definition) is 1. The van der Waals surface area contributed by atoms with Gasteiger partial charge in [-0.1, -0.05) is 58.9 Å². The fourth-order valence-corrected chi connectivity index (χ4v) is 7.01. The SMILES string of the molecule is CCOc1ccc(N(CC(=O)N(Cc2cccc(Cl)c2)[C@H](C)C(=O)NC2CCCCC2)S(=O)(=O)c2ccc(Br)cc2)cc1. The highest BCUT2D eigenvalue weighted by molar-refractivity contribution is 9.10. The maximum atomic E-state index is 14.1. The maximum Gasteiger partial charge on any atom is 0.264 e. The van der Waals surface area contributed by atoms with Crippen molar-refractivity contribution in [1.29, 1.82) is 0 Å². The minimum absolute atomic E-state index is 0.0295. The van der Waals surface area contributed by atoms with Gasteiger partial charge in [0.2, 0.25) is 11.8 Å². The van der Waals surface area contributed by atoms with Crippen LogP contribution in [0.15, 0.2) is 82.2 Å². The number of carbonyl (C=O) groups is 2. The van der Waals surface area contributed by atoms with Crippen LogP contribution in [0.4, 0.5) is 5.69 Å². The summed E-state index contributed by atoms with van der Waals surface area (Å²) in [5, 5.41) is 3.60. The molecule has 2 amide bonds. The van der Waals surface area contributed by atoms with E-state index in [0.717, 1.165) is 46.4 Å². The monoisotopic (exact) mass is 689 g/mol. The number of ether oxygens (including phenoxy) is 1. The van der Waals surface area contributed by atoms with E-state index in [4.69, 9.17) is 16.3 Å². The number of carbonyl (C=O) groups excluding carboxylic acids is 2. The first-order valence-corrected chi connectivity index (χ1v) is 17.0. The zero-order valence-corrected chi connectivity index (χ0v) is 27.5. The average Bonchev–Trinajstić information content (AvgIpc) is 2.99. The van der Waals surface area contributed by atoms with Crippen molar-refractivity contribution in [3.05, 3.63) is 87.9 Å². The maximum absolute atomic E-state index is 14.1. The third kappa shape index (κ3) is 8.74. The molecule has 4 rings (SSSR count). The number of halogens is 2. The molecule has 1 N–H and O–H groups in total. The van der Waals surface area contributed by atoms with E-state index in [1.165, 1.54) is 17.0 Å². The fourth-order valence-electron chi connectivity index (χ4n) is 5.12. The third-order valence-corrected chi connectivity index (χ3v) is 10.0. The number of hydrogen-bond acceptors (Lipinski definition) is 5. The zero-order chi connectivity index (χ0) is 31.0. The Bertz CT molecular complexity index is 1500. The summed E-state index contributed by atoms with van der Waals surface area (Å²) in [6.07, 6.45) is 5.05. The molecule has 0 aliphatic heterocycles. The van der Waals surface area contributed by atoms with Crippen LogP contribution in [0, 0.1) is 0 Å². The molecule has 0 bridgehead atoms. The van der Waals surface area contributed by atoms with Gasteiger partial charge in [0.1, 0.15) is 18.3 Å². The molecule has 11 heteroatoms. The molecule has 230 valence electrons. The van der Waals surface area contributed by atoms with Gasteiger partial charge in [-0.3, -0.25) is 13.9 Å². The zero-order valence-electron chi connectivity index (χ0n) is 24.3. The summed E-state index contributed by atoms with van der Waals surface area (Å²) in [5.74, 6) is -0.222. The Hall–Kier alpha value is -3.08. The summed E-state index contributed by atoms with van der Waals surface area (Å²) < 4.78 is 35.3. The predicted molar refractivity (Wildman–Crippen MR) is 173 cm³/mol. The summed E-state index contributed by atoms with van der Waals surface area (Å²) in [6, 6.07) is 19.0. The van der Waals surface area contributed by atoms with E-state index in [9.17, 15) is 18.0 Å². The average molecular weight is 691 g/mol. The fraction of sp³-hybridized carbons (Fsp3) is 0.375. The topological polar surface area (TPSA) is 96.0 Å². The molecule has 0 radical (unpaired) electrons. The second kappa shape index (κ2) is 15.1. The molecule has 3 aromatic rings. The molecule has 1 aliphatic rings. The Labute approximate surface area is 267 Å². The Morgan fingerprint density at radius 3 is 2.33 bits per heavy atom. The normalized spacial score (nSPS) is 14.5. The first kappa shape index (κ1) is 32.8. The lowest BCUT2D eigenvalue weighted by Crippen LogP contribution is -2.53. The lowest BCUT2D eigenvalue weighted by Gasteiger charge is -2.33. The highest BCUT2D eigenvalue weighted by atomic mass is 79.9. The minimum Gasteiger partial charge on any atom is -0.494 e. The molecule has 1 atom stereocenters. The number of anilines is 1. The second-order valence-corrected chi connectivity index (χ2v) is 13.8. The van der Waals surface area contributed by atoms with Crippen molar-refractivity contribution < 1.29 is 22.7 Å². The van der Waals surface area contributed by atoms with E-state index in [1.807, 2.05) is 13.0 Å². The summed E-state index contributed by atoms with van der Waals surface area (Å²) in [6.45, 7) is 3.54. The molecule has 1 aliphatic carbocycles. The van der Waals surface area contributed by atoms with Crippen molar-refractivity contribution in [1.82, 2.24) is 10.2 Å². The van der Waals surface area contributed by atoms with Crippen molar-refractivity contribution in [3.63, 3.8) is 0 Å². The molecular formula is C32H37BrClN3O5S. The number of nitrogens with one attached hydrogen (secondary N) is 1. The number of amides is 2. The lowest BCUT2D eigenvalue weighted by molar-refractivity contribution is -0.139. The van der Waals surface area contributed by atoms with E-state index in [0.29, 0.717) is 23.1 Å². The molecular weight excluding hydrogens is 654 g/mol. The molecule has 3 aromatic carbocycles. The molecule has 0 spiro atoms. The molecule has 0 heterocycles. The van der Waals surface area contributed by atoms with Gasteiger partial charge < -0.3 is 15.0 Å². The summed E-state index contributed by atoms with van der Waals surface area (Å²) in [5.41, 5.74) is 1.02. The van der Waals surface area contributed by atoms with E-state index in [1.54, 1.807) is 61.5 Å². The lowest BCUT2D eigenvalue weighted by atomic mass is 9.95. The first-order chi connectivity index (χ1) is 20.6. The van der Waals surface area contributed by atoms with E-state index in [-0.39, 0.29) is 23.4 Å². The molecule has 43 heavy (non-hydrogen) atoms. The van der Waals surface area contributed by atoms with Gasteiger partial charge in [0.05, 0.1) is 17.2 Å². The van der Waals surface area contributed by atoms with Gasteiger partial charge in [0.15, 0.2) is 0 Å².